The van der Waals surface area contributed by atoms with Gasteiger partial charge < -0.3 is 23.7 Å². The van der Waals surface area contributed by atoms with Gasteiger partial charge in [0.05, 0.1) is 18.5 Å². The first-order valence-electron chi connectivity index (χ1n) is 9.43. The highest BCUT2D eigenvalue weighted by molar-refractivity contribution is 6.08. The lowest BCUT2D eigenvalue weighted by Crippen LogP contribution is -2.21. The van der Waals surface area contributed by atoms with E-state index in [2.05, 4.69) is 10.5 Å². The molecule has 0 atom stereocenters. The Morgan fingerprint density at radius 1 is 1.13 bits per heavy atom. The number of aromatic nitrogens is 1. The molecule has 2 heterocycles. The Kier molecular flexibility index (Phi) is 5.14. The van der Waals surface area contributed by atoms with Crippen LogP contribution >= 0.6 is 0 Å². The maximum Gasteiger partial charge on any atom is 0.344 e. The van der Waals surface area contributed by atoms with E-state index in [-0.39, 0.29) is 5.56 Å². The summed E-state index contributed by atoms with van der Waals surface area (Å²) in [5.74, 6) is -0.337. The Balaban J connectivity index is 1.52. The summed E-state index contributed by atoms with van der Waals surface area (Å²) < 4.78 is 21.4. The molecule has 0 saturated heterocycles. The van der Waals surface area contributed by atoms with Crippen LogP contribution in [0.5, 0.6) is 5.75 Å². The lowest BCUT2D eigenvalue weighted by Gasteiger charge is -2.10. The molecule has 2 aromatic carbocycles. The number of aryl methyl sites for hydroxylation is 2. The standard InChI is InChI=1S/C22H20N2O6/c1-4-15-21(12(2)30-24-15)22(26)28-11-20(25)23-16-10-18-14(9-19(16)27-3)13-7-5-6-8-17(13)29-18/h5-10H,4,11H2,1-3H3,(H,23,25). The lowest BCUT2D eigenvalue weighted by atomic mass is 10.1. The maximum absolute atomic E-state index is 12.4. The zero-order chi connectivity index (χ0) is 21.3. The van der Waals surface area contributed by atoms with Crippen molar-refractivity contribution in [2.45, 2.75) is 20.3 Å². The number of nitrogens with one attached hydrogen (secondary N) is 1. The molecule has 8 heteroatoms. The maximum atomic E-state index is 12.4. The molecular formula is C22H20N2O6. The summed E-state index contributed by atoms with van der Waals surface area (Å²) in [4.78, 5) is 24.7. The number of benzene rings is 2. The van der Waals surface area contributed by atoms with Gasteiger partial charge >= 0.3 is 5.97 Å². The third-order valence-corrected chi connectivity index (χ3v) is 4.78. The number of carbonyl (C=O) groups is 2. The Morgan fingerprint density at radius 3 is 2.70 bits per heavy atom. The number of hydrogen-bond acceptors (Lipinski definition) is 7. The van der Waals surface area contributed by atoms with Crippen LogP contribution in [0.1, 0.15) is 28.7 Å². The van der Waals surface area contributed by atoms with Crippen LogP contribution in [-0.2, 0) is 16.0 Å². The number of rotatable bonds is 6. The number of hydrogen-bond donors (Lipinski definition) is 1. The van der Waals surface area contributed by atoms with Crippen molar-refractivity contribution < 1.29 is 28.0 Å². The molecule has 4 aromatic rings. The fourth-order valence-corrected chi connectivity index (χ4v) is 3.33. The Labute approximate surface area is 171 Å². The Bertz CT molecular complexity index is 1250. The van der Waals surface area contributed by atoms with E-state index in [0.717, 1.165) is 16.4 Å². The number of esters is 1. The van der Waals surface area contributed by atoms with E-state index in [1.807, 2.05) is 31.2 Å². The number of nitrogens with zero attached hydrogens (tertiary/aromatic N) is 1. The van der Waals surface area contributed by atoms with E-state index < -0.39 is 18.5 Å². The van der Waals surface area contributed by atoms with Gasteiger partial charge in [-0.05, 0) is 25.5 Å². The van der Waals surface area contributed by atoms with Crippen molar-refractivity contribution in [2.75, 3.05) is 19.0 Å². The zero-order valence-electron chi connectivity index (χ0n) is 16.8. The highest BCUT2D eigenvalue weighted by Crippen LogP contribution is 2.36. The molecule has 0 fully saturated rings. The van der Waals surface area contributed by atoms with E-state index in [1.54, 1.807) is 19.1 Å². The van der Waals surface area contributed by atoms with Gasteiger partial charge in [-0.25, -0.2) is 4.79 Å². The van der Waals surface area contributed by atoms with Crippen LogP contribution in [0.4, 0.5) is 5.69 Å². The molecule has 0 bridgehead atoms. The van der Waals surface area contributed by atoms with Crippen LogP contribution in [0.2, 0.25) is 0 Å². The van der Waals surface area contributed by atoms with Crippen LogP contribution in [0.25, 0.3) is 21.9 Å². The van der Waals surface area contributed by atoms with Gasteiger partial charge in [-0.15, -0.1) is 0 Å². The monoisotopic (exact) mass is 408 g/mol. The van der Waals surface area contributed by atoms with Crippen LogP contribution in [-0.4, -0.2) is 30.7 Å². The smallest absolute Gasteiger partial charge is 0.344 e. The fourth-order valence-electron chi connectivity index (χ4n) is 3.33. The van der Waals surface area contributed by atoms with Crippen molar-refractivity contribution in [1.29, 1.82) is 0 Å². The Hall–Kier alpha value is -3.81. The minimum atomic E-state index is -0.652. The summed E-state index contributed by atoms with van der Waals surface area (Å²) >= 11 is 0. The summed E-state index contributed by atoms with van der Waals surface area (Å²) in [6, 6.07) is 11.1. The molecule has 30 heavy (non-hydrogen) atoms. The van der Waals surface area contributed by atoms with Crippen LogP contribution in [0.3, 0.4) is 0 Å². The van der Waals surface area contributed by atoms with Crippen LogP contribution in [0, 0.1) is 6.92 Å². The minimum Gasteiger partial charge on any atom is -0.495 e. The van der Waals surface area contributed by atoms with Gasteiger partial charge in [-0.2, -0.15) is 0 Å². The number of anilines is 1. The first-order valence-corrected chi connectivity index (χ1v) is 9.43. The Morgan fingerprint density at radius 2 is 1.93 bits per heavy atom. The molecule has 0 aliphatic heterocycles. The summed E-state index contributed by atoms with van der Waals surface area (Å²) in [7, 11) is 1.51. The number of ether oxygens (including phenoxy) is 2. The fraction of sp³-hybridized carbons (Fsp3) is 0.227. The number of methoxy groups -OCH3 is 1. The summed E-state index contributed by atoms with van der Waals surface area (Å²) in [5.41, 5.74) is 2.52. The van der Waals surface area contributed by atoms with Crippen LogP contribution in [0.15, 0.2) is 45.3 Å². The molecule has 4 rings (SSSR count). The van der Waals surface area contributed by atoms with E-state index in [0.29, 0.717) is 34.9 Å². The number of para-hydroxylation sites is 1. The zero-order valence-corrected chi connectivity index (χ0v) is 16.8. The minimum absolute atomic E-state index is 0.256. The van der Waals surface area contributed by atoms with Gasteiger partial charge in [0.1, 0.15) is 28.2 Å². The molecule has 0 spiro atoms. The lowest BCUT2D eigenvalue weighted by molar-refractivity contribution is -0.119. The molecule has 154 valence electrons. The first kappa shape index (κ1) is 19.5. The van der Waals surface area contributed by atoms with Gasteiger partial charge in [-0.1, -0.05) is 30.3 Å². The van der Waals surface area contributed by atoms with E-state index in [4.69, 9.17) is 18.4 Å². The van der Waals surface area contributed by atoms with Gasteiger partial charge in [0.25, 0.3) is 5.91 Å². The molecular weight excluding hydrogens is 388 g/mol. The third-order valence-electron chi connectivity index (χ3n) is 4.78. The summed E-state index contributed by atoms with van der Waals surface area (Å²) in [6.07, 6.45) is 0.517. The second-order valence-corrected chi connectivity index (χ2v) is 6.69. The second-order valence-electron chi connectivity index (χ2n) is 6.69. The molecule has 8 nitrogen and oxygen atoms in total. The van der Waals surface area contributed by atoms with Crippen molar-refractivity contribution in [1.82, 2.24) is 5.16 Å². The van der Waals surface area contributed by atoms with Gasteiger partial charge in [0, 0.05) is 16.8 Å². The molecule has 0 radical (unpaired) electrons. The van der Waals surface area contributed by atoms with Gasteiger partial charge in [-0.3, -0.25) is 4.79 Å². The highest BCUT2D eigenvalue weighted by Gasteiger charge is 2.22. The molecule has 0 unspecified atom stereocenters. The quantitative estimate of drug-likeness (QED) is 0.476. The number of furan rings is 1. The van der Waals surface area contributed by atoms with Gasteiger partial charge in [0.2, 0.25) is 0 Å². The topological polar surface area (TPSA) is 104 Å². The van der Waals surface area contributed by atoms with E-state index in [1.165, 1.54) is 7.11 Å². The van der Waals surface area contributed by atoms with Gasteiger partial charge in [0.15, 0.2) is 6.61 Å². The van der Waals surface area contributed by atoms with Crippen molar-refractivity contribution >= 4 is 39.5 Å². The molecule has 1 N–H and O–H groups in total. The molecule has 1 amide bonds. The predicted molar refractivity (Wildman–Crippen MR) is 110 cm³/mol. The summed E-state index contributed by atoms with van der Waals surface area (Å²) in [5, 5.41) is 8.35. The molecule has 0 saturated carbocycles. The normalized spacial score (nSPS) is 11.0. The SMILES string of the molecule is CCc1noc(C)c1C(=O)OCC(=O)Nc1cc2oc3ccccc3c2cc1OC. The highest BCUT2D eigenvalue weighted by atomic mass is 16.5. The average Bonchev–Trinajstić information content (AvgIpc) is 3.30. The number of carbonyl (C=O) groups excluding carboxylic acids is 2. The predicted octanol–water partition coefficient (Wildman–Crippen LogP) is 4.25. The molecule has 0 aliphatic carbocycles. The first-order chi connectivity index (χ1) is 14.5. The second kappa shape index (κ2) is 7.90. The van der Waals surface area contributed by atoms with Crippen molar-refractivity contribution in [3.63, 3.8) is 0 Å². The average molecular weight is 408 g/mol. The number of amides is 1. The third kappa shape index (κ3) is 3.47. The van der Waals surface area contributed by atoms with Crippen molar-refractivity contribution in [3.8, 4) is 5.75 Å². The molecule has 0 aliphatic rings. The largest absolute Gasteiger partial charge is 0.495 e. The summed E-state index contributed by atoms with van der Waals surface area (Å²) in [6.45, 7) is 3.01. The van der Waals surface area contributed by atoms with E-state index >= 15 is 0 Å². The van der Waals surface area contributed by atoms with E-state index in [9.17, 15) is 9.59 Å². The number of fused-ring (bicyclic) bond motifs is 3. The van der Waals surface area contributed by atoms with Crippen LogP contribution < -0.4 is 10.1 Å². The molecule has 2 aromatic heterocycles. The van der Waals surface area contributed by atoms with Crippen molar-refractivity contribution in [2.24, 2.45) is 0 Å². The van der Waals surface area contributed by atoms with Crippen molar-refractivity contribution in [3.05, 3.63) is 53.4 Å².